The molecule has 2 N–H and O–H groups in total. The van der Waals surface area contributed by atoms with E-state index in [0.29, 0.717) is 62.4 Å². The van der Waals surface area contributed by atoms with E-state index in [0.717, 1.165) is 25.9 Å². The molecule has 37 heavy (non-hydrogen) atoms. The molecule has 0 amide bonds. The highest BCUT2D eigenvalue weighted by Crippen LogP contribution is 2.22. The van der Waals surface area contributed by atoms with Crippen LogP contribution in [-0.2, 0) is 29.1 Å². The summed E-state index contributed by atoms with van der Waals surface area (Å²) in [6, 6.07) is 5.69. The summed E-state index contributed by atoms with van der Waals surface area (Å²) in [6.07, 6.45) is 5.12. The molecule has 2 aliphatic heterocycles. The molecule has 0 bridgehead atoms. The maximum Gasteiger partial charge on any atom is 0.353 e. The molecule has 1 fully saturated rings. The fourth-order valence-electron chi connectivity index (χ4n) is 4.38. The molecule has 0 atom stereocenters. The third kappa shape index (κ3) is 7.78. The van der Waals surface area contributed by atoms with Gasteiger partial charge in [0.25, 0.3) is 0 Å². The number of hydrogen-bond acceptors (Lipinski definition) is 7. The molecular weight excluding hydrogens is 487 g/mol. The van der Waals surface area contributed by atoms with Crippen LogP contribution in [0.3, 0.4) is 0 Å². The first kappa shape index (κ1) is 27.7. The average molecular weight is 517 g/mol. The van der Waals surface area contributed by atoms with Crippen molar-refractivity contribution in [3.8, 4) is 0 Å². The molecule has 1 aromatic heterocycles. The van der Waals surface area contributed by atoms with Crippen LogP contribution in [0.4, 0.5) is 4.39 Å². The van der Waals surface area contributed by atoms with E-state index >= 15 is 0 Å². The highest BCUT2D eigenvalue weighted by molar-refractivity contribution is 5.97. The van der Waals surface area contributed by atoms with Crippen molar-refractivity contribution in [3.63, 3.8) is 0 Å². The number of carboxylic acid groups (broad SMARTS) is 2. The lowest BCUT2D eigenvalue weighted by atomic mass is 9.89. The number of aryl methyl sites for hydroxylation is 1. The number of piperidine rings is 1. The topological polar surface area (TPSA) is 152 Å². The zero-order chi connectivity index (χ0) is 26.9. The van der Waals surface area contributed by atoms with Gasteiger partial charge in [0, 0.05) is 49.7 Å². The number of aromatic nitrogens is 3. The van der Waals surface area contributed by atoms with Crippen LogP contribution >= 0.6 is 0 Å². The molecule has 0 spiro atoms. The summed E-state index contributed by atoms with van der Waals surface area (Å²) < 4.78 is 15.9. The second kappa shape index (κ2) is 12.9. The van der Waals surface area contributed by atoms with E-state index in [2.05, 4.69) is 9.88 Å². The third-order valence-electron chi connectivity index (χ3n) is 6.36. The van der Waals surface area contributed by atoms with Crippen molar-refractivity contribution in [2.24, 2.45) is 5.92 Å². The Labute approximate surface area is 211 Å². The van der Waals surface area contributed by atoms with Crippen LogP contribution in [-0.4, -0.2) is 66.6 Å². The maximum atomic E-state index is 13.0. The van der Waals surface area contributed by atoms with Gasteiger partial charge in [-0.05, 0) is 63.0 Å². The number of carbonyl (C=O) groups excluding carboxylic acids is 1. The first-order chi connectivity index (χ1) is 17.7. The Kier molecular flexibility index (Phi) is 9.61. The first-order valence-corrected chi connectivity index (χ1v) is 12.0. The molecule has 12 heteroatoms. The predicted octanol–water partition coefficient (Wildman–Crippen LogP) is 1.19. The van der Waals surface area contributed by atoms with Crippen molar-refractivity contribution < 1.29 is 29.0 Å². The quantitative estimate of drug-likeness (QED) is 0.408. The van der Waals surface area contributed by atoms with E-state index < -0.39 is 17.6 Å². The number of hydrogen-bond donors (Lipinski definition) is 2. The molecule has 0 aliphatic carbocycles. The Morgan fingerprint density at radius 1 is 0.946 bits per heavy atom. The van der Waals surface area contributed by atoms with Crippen LogP contribution < -0.4 is 11.4 Å². The van der Waals surface area contributed by atoms with Crippen LogP contribution in [0.5, 0.6) is 0 Å². The van der Waals surface area contributed by atoms with Gasteiger partial charge in [0.1, 0.15) is 11.6 Å². The van der Waals surface area contributed by atoms with Crippen LogP contribution in [0, 0.1) is 11.7 Å². The van der Waals surface area contributed by atoms with Crippen molar-refractivity contribution in [2.45, 2.75) is 45.2 Å². The summed E-state index contributed by atoms with van der Waals surface area (Å²) in [5.74, 6) is -2.28. The lowest BCUT2D eigenvalue weighted by molar-refractivity contribution is -0.134. The van der Waals surface area contributed by atoms with Crippen LogP contribution in [0.25, 0.3) is 0 Å². The van der Waals surface area contributed by atoms with Gasteiger partial charge >= 0.3 is 23.3 Å². The number of carboxylic acids is 2. The number of carbonyl (C=O) groups is 3. The molecule has 0 unspecified atom stereocenters. The average Bonchev–Trinajstić information content (AvgIpc) is 2.88. The minimum Gasteiger partial charge on any atom is -0.478 e. The molecule has 198 valence electrons. The first-order valence-electron chi connectivity index (χ1n) is 12.0. The van der Waals surface area contributed by atoms with Gasteiger partial charge in [-0.2, -0.15) is 4.98 Å². The minimum atomic E-state index is -1.26. The van der Waals surface area contributed by atoms with E-state index in [4.69, 9.17) is 10.2 Å². The summed E-state index contributed by atoms with van der Waals surface area (Å²) in [7, 11) is 0. The Balaban J connectivity index is 0.000000414. The molecule has 0 radical (unpaired) electrons. The molecule has 2 aliphatic rings. The lowest BCUT2D eigenvalue weighted by Crippen LogP contribution is -2.47. The second-order valence-corrected chi connectivity index (χ2v) is 8.85. The number of nitrogens with zero attached hydrogens (tertiary/aromatic N) is 4. The van der Waals surface area contributed by atoms with Gasteiger partial charge in [0.05, 0.1) is 0 Å². The number of likely N-dealkylation sites (tertiary alicyclic amines) is 1. The SMILES string of the molecule is O=C(O)C=CC(=O)O.O=C(c1ccc(F)cc1)C1CCN(CCn2c(=O)nc3n(c2=O)CCCC3)CC1. The van der Waals surface area contributed by atoms with Crippen molar-refractivity contribution in [1.29, 1.82) is 0 Å². The van der Waals surface area contributed by atoms with E-state index in [9.17, 15) is 28.4 Å². The van der Waals surface area contributed by atoms with Gasteiger partial charge in [0.2, 0.25) is 0 Å². The van der Waals surface area contributed by atoms with Gasteiger partial charge in [-0.3, -0.25) is 9.36 Å². The van der Waals surface area contributed by atoms with Crippen LogP contribution in [0.2, 0.25) is 0 Å². The Bertz CT molecular complexity index is 1260. The summed E-state index contributed by atoms with van der Waals surface area (Å²) in [6.45, 7) is 2.96. The fraction of sp³-hybridized carbons (Fsp3) is 0.440. The fourth-order valence-corrected chi connectivity index (χ4v) is 4.38. The van der Waals surface area contributed by atoms with Crippen LogP contribution in [0.15, 0.2) is 46.0 Å². The monoisotopic (exact) mass is 516 g/mol. The smallest absolute Gasteiger partial charge is 0.353 e. The summed E-state index contributed by atoms with van der Waals surface area (Å²) >= 11 is 0. The van der Waals surface area contributed by atoms with Gasteiger partial charge in [-0.1, -0.05) is 0 Å². The molecule has 11 nitrogen and oxygen atoms in total. The van der Waals surface area contributed by atoms with E-state index in [-0.39, 0.29) is 23.2 Å². The highest BCUT2D eigenvalue weighted by Gasteiger charge is 2.26. The van der Waals surface area contributed by atoms with E-state index in [1.165, 1.54) is 28.8 Å². The summed E-state index contributed by atoms with van der Waals surface area (Å²) in [5.41, 5.74) is -0.185. The Morgan fingerprint density at radius 2 is 1.57 bits per heavy atom. The van der Waals surface area contributed by atoms with Crippen LogP contribution in [0.1, 0.15) is 41.9 Å². The maximum absolute atomic E-state index is 13.0. The van der Waals surface area contributed by atoms with E-state index in [1.807, 2.05) is 0 Å². The van der Waals surface area contributed by atoms with Gasteiger partial charge in [-0.25, -0.2) is 28.1 Å². The van der Waals surface area contributed by atoms with Crippen molar-refractivity contribution in [2.75, 3.05) is 19.6 Å². The number of ketones is 1. The Hall–Kier alpha value is -3.93. The number of benzene rings is 1. The van der Waals surface area contributed by atoms with Gasteiger partial charge < -0.3 is 15.1 Å². The van der Waals surface area contributed by atoms with Crippen molar-refractivity contribution in [3.05, 3.63) is 74.6 Å². The number of aliphatic carboxylic acids is 2. The second-order valence-electron chi connectivity index (χ2n) is 8.85. The zero-order valence-electron chi connectivity index (χ0n) is 20.2. The molecule has 3 heterocycles. The largest absolute Gasteiger partial charge is 0.478 e. The zero-order valence-corrected chi connectivity index (χ0v) is 20.2. The lowest BCUT2D eigenvalue weighted by Gasteiger charge is -2.31. The normalized spacial score (nSPS) is 16.0. The number of halogens is 1. The highest BCUT2D eigenvalue weighted by atomic mass is 19.1. The van der Waals surface area contributed by atoms with Gasteiger partial charge in [0.15, 0.2) is 5.78 Å². The number of rotatable bonds is 7. The number of fused-ring (bicyclic) bond motifs is 1. The molecule has 1 saturated heterocycles. The predicted molar refractivity (Wildman–Crippen MR) is 130 cm³/mol. The summed E-state index contributed by atoms with van der Waals surface area (Å²) in [5, 5.41) is 15.6. The Morgan fingerprint density at radius 3 is 2.16 bits per heavy atom. The van der Waals surface area contributed by atoms with Gasteiger partial charge in [-0.15, -0.1) is 0 Å². The molecule has 1 aromatic carbocycles. The molecular formula is C25H29FN4O7. The number of Topliss-reactive ketones (excluding diaryl/α,β-unsaturated/α-hetero) is 1. The minimum absolute atomic E-state index is 0.0537. The summed E-state index contributed by atoms with van der Waals surface area (Å²) in [4.78, 5) is 62.8. The molecule has 0 saturated carbocycles. The molecule has 2 aromatic rings. The van der Waals surface area contributed by atoms with Crippen molar-refractivity contribution in [1.82, 2.24) is 19.0 Å². The third-order valence-corrected chi connectivity index (χ3v) is 6.36. The molecule has 4 rings (SSSR count). The standard InChI is InChI=1S/C21H25FN4O3.C4H4O4/c22-17-6-4-15(5-7-17)19(27)16-8-11-24(12-9-16)13-14-26-20(28)23-18-3-1-2-10-25(18)21(26)29;5-3(6)1-2-4(7)8/h4-7,16H,1-3,8-14H2;1-2H,(H,5,6)(H,7,8). The van der Waals surface area contributed by atoms with Crippen molar-refractivity contribution >= 4 is 17.7 Å². The van der Waals surface area contributed by atoms with E-state index in [1.54, 1.807) is 4.57 Å².